The molecule has 0 aromatic heterocycles. The Morgan fingerprint density at radius 3 is 2.33 bits per heavy atom. The van der Waals surface area contributed by atoms with Crippen molar-refractivity contribution < 1.29 is 0 Å². The predicted octanol–water partition coefficient (Wildman–Crippen LogP) is 0.463. The van der Waals surface area contributed by atoms with Crippen molar-refractivity contribution in [2.45, 2.75) is 31.7 Å². The van der Waals surface area contributed by atoms with Gasteiger partial charge in [-0.05, 0) is 25.3 Å². The lowest BCUT2D eigenvalue weighted by atomic mass is 9.85. The molecule has 0 amide bonds. The van der Waals surface area contributed by atoms with Crippen LogP contribution in [-0.4, -0.2) is 12.6 Å². The minimum absolute atomic E-state index is 0.392. The van der Waals surface area contributed by atoms with Crippen molar-refractivity contribution in [3.8, 4) is 0 Å². The third-order valence-electron chi connectivity index (χ3n) is 2.27. The molecule has 2 heteroatoms. The summed E-state index contributed by atoms with van der Waals surface area (Å²) < 4.78 is 0. The van der Waals surface area contributed by atoms with E-state index in [1.54, 1.807) is 0 Å². The standard InChI is InChI=1S/C7H16N2/c8-5-6-3-1-2-4-7(6)9/h6-7H,1-5,8-9H2/t6?,7-/m0/s1. The molecule has 0 spiro atoms. The average Bonchev–Trinajstić information content (AvgIpc) is 1.89. The van der Waals surface area contributed by atoms with E-state index >= 15 is 0 Å². The van der Waals surface area contributed by atoms with Crippen molar-refractivity contribution in [1.29, 1.82) is 0 Å². The van der Waals surface area contributed by atoms with Gasteiger partial charge in [0, 0.05) is 6.04 Å². The van der Waals surface area contributed by atoms with Gasteiger partial charge in [-0.15, -0.1) is 0 Å². The van der Waals surface area contributed by atoms with Gasteiger partial charge in [0.1, 0.15) is 0 Å². The van der Waals surface area contributed by atoms with Crippen molar-refractivity contribution in [3.63, 3.8) is 0 Å². The van der Waals surface area contributed by atoms with E-state index in [0.29, 0.717) is 12.0 Å². The summed E-state index contributed by atoms with van der Waals surface area (Å²) in [4.78, 5) is 0. The van der Waals surface area contributed by atoms with Crippen LogP contribution in [0.1, 0.15) is 25.7 Å². The molecule has 4 N–H and O–H groups in total. The molecule has 1 saturated carbocycles. The first-order valence-corrected chi connectivity index (χ1v) is 3.80. The second-order valence-corrected chi connectivity index (χ2v) is 2.94. The van der Waals surface area contributed by atoms with E-state index in [0.717, 1.165) is 6.54 Å². The van der Waals surface area contributed by atoms with Crippen LogP contribution in [0.2, 0.25) is 0 Å². The van der Waals surface area contributed by atoms with Gasteiger partial charge in [0.2, 0.25) is 0 Å². The number of nitrogens with two attached hydrogens (primary N) is 2. The largest absolute Gasteiger partial charge is 0.330 e. The van der Waals surface area contributed by atoms with Gasteiger partial charge < -0.3 is 11.5 Å². The van der Waals surface area contributed by atoms with E-state index in [4.69, 9.17) is 11.5 Å². The fourth-order valence-electron chi connectivity index (χ4n) is 1.53. The minimum Gasteiger partial charge on any atom is -0.330 e. The summed E-state index contributed by atoms with van der Waals surface area (Å²) in [6.07, 6.45) is 5.06. The highest BCUT2D eigenvalue weighted by atomic mass is 14.7. The van der Waals surface area contributed by atoms with Crippen LogP contribution in [0.3, 0.4) is 0 Å². The molecule has 1 fully saturated rings. The van der Waals surface area contributed by atoms with Crippen LogP contribution < -0.4 is 11.5 Å². The molecule has 1 aliphatic rings. The summed E-state index contributed by atoms with van der Waals surface area (Å²) in [5, 5.41) is 0. The van der Waals surface area contributed by atoms with Crippen molar-refractivity contribution in [3.05, 3.63) is 0 Å². The Morgan fingerprint density at radius 2 is 1.89 bits per heavy atom. The highest BCUT2D eigenvalue weighted by Gasteiger charge is 2.19. The van der Waals surface area contributed by atoms with E-state index in [1.165, 1.54) is 25.7 Å². The van der Waals surface area contributed by atoms with E-state index in [9.17, 15) is 0 Å². The molecule has 2 atom stereocenters. The molecule has 1 aliphatic carbocycles. The minimum atomic E-state index is 0.392. The van der Waals surface area contributed by atoms with Crippen molar-refractivity contribution in [2.75, 3.05) is 6.54 Å². The van der Waals surface area contributed by atoms with Gasteiger partial charge in [-0.3, -0.25) is 0 Å². The van der Waals surface area contributed by atoms with Crippen LogP contribution in [0.4, 0.5) is 0 Å². The monoisotopic (exact) mass is 128 g/mol. The van der Waals surface area contributed by atoms with Gasteiger partial charge in [-0.2, -0.15) is 0 Å². The zero-order valence-electron chi connectivity index (χ0n) is 5.84. The fourth-order valence-corrected chi connectivity index (χ4v) is 1.53. The highest BCUT2D eigenvalue weighted by Crippen LogP contribution is 2.21. The van der Waals surface area contributed by atoms with E-state index in [2.05, 4.69) is 0 Å². The van der Waals surface area contributed by atoms with Gasteiger partial charge in [0.25, 0.3) is 0 Å². The van der Waals surface area contributed by atoms with Crippen LogP contribution >= 0.6 is 0 Å². The lowest BCUT2D eigenvalue weighted by molar-refractivity contribution is 0.315. The van der Waals surface area contributed by atoms with Crippen LogP contribution in [0.5, 0.6) is 0 Å². The van der Waals surface area contributed by atoms with Crippen molar-refractivity contribution >= 4 is 0 Å². The maximum Gasteiger partial charge on any atom is 0.00792 e. The van der Waals surface area contributed by atoms with Gasteiger partial charge in [0.15, 0.2) is 0 Å². The topological polar surface area (TPSA) is 52.0 Å². The quantitative estimate of drug-likeness (QED) is 0.539. The molecule has 0 aromatic rings. The summed E-state index contributed by atoms with van der Waals surface area (Å²) >= 11 is 0. The van der Waals surface area contributed by atoms with E-state index in [1.807, 2.05) is 0 Å². The summed E-state index contributed by atoms with van der Waals surface area (Å²) in [6.45, 7) is 0.779. The predicted molar refractivity (Wildman–Crippen MR) is 39.0 cm³/mol. The Balaban J connectivity index is 2.30. The molecule has 0 aromatic carbocycles. The zero-order chi connectivity index (χ0) is 6.69. The highest BCUT2D eigenvalue weighted by molar-refractivity contribution is 4.77. The lowest BCUT2D eigenvalue weighted by Crippen LogP contribution is -2.37. The second-order valence-electron chi connectivity index (χ2n) is 2.94. The first-order chi connectivity index (χ1) is 4.34. The van der Waals surface area contributed by atoms with Gasteiger partial charge in [0.05, 0.1) is 0 Å². The number of hydrogen-bond donors (Lipinski definition) is 2. The van der Waals surface area contributed by atoms with Crippen LogP contribution in [0.15, 0.2) is 0 Å². The third kappa shape index (κ3) is 1.66. The first kappa shape index (κ1) is 7.03. The molecule has 0 radical (unpaired) electrons. The first-order valence-electron chi connectivity index (χ1n) is 3.80. The molecule has 1 unspecified atom stereocenters. The molecule has 0 bridgehead atoms. The maximum absolute atomic E-state index is 5.81. The van der Waals surface area contributed by atoms with Gasteiger partial charge in [-0.1, -0.05) is 12.8 Å². The Kier molecular flexibility index (Phi) is 2.49. The smallest absolute Gasteiger partial charge is 0.00792 e. The van der Waals surface area contributed by atoms with Crippen molar-refractivity contribution in [2.24, 2.45) is 17.4 Å². The Bertz CT molecular complexity index is 83.0. The Morgan fingerprint density at radius 1 is 1.22 bits per heavy atom. The fraction of sp³-hybridized carbons (Fsp3) is 1.00. The van der Waals surface area contributed by atoms with E-state index in [-0.39, 0.29) is 0 Å². The molecule has 2 nitrogen and oxygen atoms in total. The molecule has 9 heavy (non-hydrogen) atoms. The molecule has 0 aliphatic heterocycles. The van der Waals surface area contributed by atoms with Crippen LogP contribution in [0.25, 0.3) is 0 Å². The maximum atomic E-state index is 5.81. The Labute approximate surface area is 56.6 Å². The molecule has 0 saturated heterocycles. The van der Waals surface area contributed by atoms with E-state index < -0.39 is 0 Å². The number of rotatable bonds is 1. The second kappa shape index (κ2) is 3.18. The van der Waals surface area contributed by atoms with Crippen LogP contribution in [-0.2, 0) is 0 Å². The van der Waals surface area contributed by atoms with Crippen molar-refractivity contribution in [1.82, 2.24) is 0 Å². The molecular formula is C7H16N2. The third-order valence-corrected chi connectivity index (χ3v) is 2.27. The molecule has 0 heterocycles. The summed E-state index contributed by atoms with van der Waals surface area (Å²) in [7, 11) is 0. The van der Waals surface area contributed by atoms with Gasteiger partial charge in [-0.25, -0.2) is 0 Å². The zero-order valence-corrected chi connectivity index (χ0v) is 5.84. The van der Waals surface area contributed by atoms with Gasteiger partial charge >= 0.3 is 0 Å². The molecular weight excluding hydrogens is 112 g/mol. The normalized spacial score (nSPS) is 36.7. The molecule has 54 valence electrons. The lowest BCUT2D eigenvalue weighted by Gasteiger charge is -2.26. The van der Waals surface area contributed by atoms with Crippen LogP contribution in [0, 0.1) is 5.92 Å². The Hall–Kier alpha value is -0.0800. The summed E-state index contributed by atoms with van der Waals surface area (Å²) in [5.74, 6) is 0.610. The molecule has 1 rings (SSSR count). The summed E-state index contributed by atoms with van der Waals surface area (Å²) in [6, 6.07) is 0.392. The number of hydrogen-bond acceptors (Lipinski definition) is 2. The SMILES string of the molecule is NCC1CCCC[C@@H]1N. The summed E-state index contributed by atoms with van der Waals surface area (Å²) in [5.41, 5.74) is 11.3. The average molecular weight is 128 g/mol.